The zero-order valence-electron chi connectivity index (χ0n) is 13.3. The summed E-state index contributed by atoms with van der Waals surface area (Å²) < 4.78 is 0. The van der Waals surface area contributed by atoms with Crippen LogP contribution in [0.2, 0.25) is 0 Å². The third-order valence-electron chi connectivity index (χ3n) is 3.14. The van der Waals surface area contributed by atoms with E-state index >= 15 is 0 Å². The lowest BCUT2D eigenvalue weighted by Crippen LogP contribution is -1.92. The van der Waals surface area contributed by atoms with E-state index in [-0.39, 0.29) is 6.42 Å². The zero-order valence-corrected chi connectivity index (χ0v) is 13.3. The summed E-state index contributed by atoms with van der Waals surface area (Å²) in [5.41, 5.74) is 0. The normalized spacial score (nSPS) is 12.5. The molecule has 0 saturated heterocycles. The summed E-state index contributed by atoms with van der Waals surface area (Å²) in [6, 6.07) is 0. The van der Waals surface area contributed by atoms with Gasteiger partial charge in [-0.05, 0) is 44.6 Å². The van der Waals surface area contributed by atoms with Crippen LogP contribution in [0.15, 0.2) is 36.1 Å². The Labute approximate surface area is 129 Å². The van der Waals surface area contributed by atoms with Crippen molar-refractivity contribution in [3.8, 4) is 0 Å². The van der Waals surface area contributed by atoms with Gasteiger partial charge in [-0.1, -0.05) is 44.1 Å². The fourth-order valence-electron chi connectivity index (χ4n) is 1.87. The van der Waals surface area contributed by atoms with Crippen LogP contribution in [-0.4, -0.2) is 16.2 Å². The van der Waals surface area contributed by atoms with E-state index in [1.807, 2.05) is 24.3 Å². The molecule has 0 aliphatic rings. The van der Waals surface area contributed by atoms with Gasteiger partial charge in [-0.15, -0.1) is 0 Å². The summed E-state index contributed by atoms with van der Waals surface area (Å²) in [6.45, 7) is 2.19. The second-order valence-electron chi connectivity index (χ2n) is 5.21. The topological polar surface area (TPSA) is 57.5 Å². The lowest BCUT2D eigenvalue weighted by Gasteiger charge is -1.95. The van der Waals surface area contributed by atoms with Crippen molar-refractivity contribution in [1.82, 2.24) is 0 Å². The van der Waals surface area contributed by atoms with Gasteiger partial charge < -0.3 is 10.2 Å². The second-order valence-corrected chi connectivity index (χ2v) is 5.21. The fourth-order valence-corrected chi connectivity index (χ4v) is 1.87. The van der Waals surface area contributed by atoms with Crippen LogP contribution >= 0.6 is 0 Å². The fraction of sp³-hybridized carbons (Fsp3) is 0.611. The number of hydrogen-bond acceptors (Lipinski definition) is 2. The van der Waals surface area contributed by atoms with E-state index < -0.39 is 5.97 Å². The minimum atomic E-state index is -0.727. The molecule has 3 heteroatoms. The number of carboxylic acids is 1. The number of carbonyl (C=O) groups is 1. The van der Waals surface area contributed by atoms with Gasteiger partial charge in [0.1, 0.15) is 0 Å². The van der Waals surface area contributed by atoms with Crippen molar-refractivity contribution in [2.45, 2.75) is 71.1 Å². The predicted molar refractivity (Wildman–Crippen MR) is 88.5 cm³/mol. The van der Waals surface area contributed by atoms with Crippen molar-refractivity contribution < 1.29 is 15.0 Å². The number of aliphatic hydroxyl groups is 1. The third kappa shape index (κ3) is 16.4. The third-order valence-corrected chi connectivity index (χ3v) is 3.14. The number of rotatable bonds is 13. The van der Waals surface area contributed by atoms with Crippen LogP contribution in [0.3, 0.4) is 0 Å². The highest BCUT2D eigenvalue weighted by atomic mass is 16.4. The first-order valence-electron chi connectivity index (χ1n) is 8.06. The standard InChI is InChI=1S/C18H30O3/c1-2-3-4-5-8-11-14-17(19)15-12-9-6-7-10-13-16-18(20)21/h6,8-9,11,15,19H,2-5,7,10,12-14,16H2,1H3,(H,20,21)/b9-6-,11-8-,17-15+. The number of unbranched alkanes of at least 4 members (excludes halogenated alkanes) is 5. The summed E-state index contributed by atoms with van der Waals surface area (Å²) in [5, 5.41) is 18.2. The minimum Gasteiger partial charge on any atom is -0.512 e. The highest BCUT2D eigenvalue weighted by Crippen LogP contribution is 2.05. The van der Waals surface area contributed by atoms with Crippen molar-refractivity contribution in [3.63, 3.8) is 0 Å². The van der Waals surface area contributed by atoms with E-state index in [1.165, 1.54) is 19.3 Å². The Morgan fingerprint density at radius 3 is 2.24 bits per heavy atom. The van der Waals surface area contributed by atoms with Gasteiger partial charge in [0.25, 0.3) is 0 Å². The number of hydrogen-bond donors (Lipinski definition) is 2. The largest absolute Gasteiger partial charge is 0.512 e. The molecule has 2 N–H and O–H groups in total. The van der Waals surface area contributed by atoms with Gasteiger partial charge in [-0.2, -0.15) is 0 Å². The molecule has 0 radical (unpaired) electrons. The summed E-state index contributed by atoms with van der Waals surface area (Å²) in [4.78, 5) is 10.3. The predicted octanol–water partition coefficient (Wildman–Crippen LogP) is 5.55. The number of carboxylic acid groups (broad SMARTS) is 1. The summed E-state index contributed by atoms with van der Waals surface area (Å²) in [7, 11) is 0. The van der Waals surface area contributed by atoms with Gasteiger partial charge in [-0.25, -0.2) is 0 Å². The van der Waals surface area contributed by atoms with Crippen molar-refractivity contribution in [2.24, 2.45) is 0 Å². The molecule has 3 nitrogen and oxygen atoms in total. The molecule has 0 atom stereocenters. The molecule has 0 heterocycles. The van der Waals surface area contributed by atoms with E-state index in [4.69, 9.17) is 5.11 Å². The van der Waals surface area contributed by atoms with Crippen LogP contribution in [0.4, 0.5) is 0 Å². The average molecular weight is 294 g/mol. The molecule has 0 bridgehead atoms. The first-order chi connectivity index (χ1) is 10.2. The molecule has 0 spiro atoms. The molecule has 0 amide bonds. The average Bonchev–Trinajstić information content (AvgIpc) is 2.45. The van der Waals surface area contributed by atoms with Crippen LogP contribution in [-0.2, 0) is 4.79 Å². The molecule has 0 aromatic rings. The lowest BCUT2D eigenvalue weighted by atomic mass is 10.1. The summed E-state index contributed by atoms with van der Waals surface area (Å²) in [5.74, 6) is -0.313. The smallest absolute Gasteiger partial charge is 0.303 e. The van der Waals surface area contributed by atoms with Gasteiger partial charge in [0, 0.05) is 12.8 Å². The Balaban J connectivity index is 3.56. The first kappa shape index (κ1) is 19.5. The first-order valence-corrected chi connectivity index (χ1v) is 8.06. The molecule has 0 aliphatic carbocycles. The Morgan fingerprint density at radius 2 is 1.57 bits per heavy atom. The van der Waals surface area contributed by atoms with Crippen LogP contribution in [0.25, 0.3) is 0 Å². The van der Waals surface area contributed by atoms with Crippen molar-refractivity contribution in [2.75, 3.05) is 0 Å². The van der Waals surface area contributed by atoms with E-state index in [2.05, 4.69) is 13.0 Å². The van der Waals surface area contributed by atoms with Crippen molar-refractivity contribution in [3.05, 3.63) is 36.1 Å². The molecule has 0 aliphatic heterocycles. The highest BCUT2D eigenvalue weighted by molar-refractivity contribution is 5.66. The molecular formula is C18H30O3. The number of aliphatic carboxylic acids is 1. The van der Waals surface area contributed by atoms with Gasteiger partial charge >= 0.3 is 5.97 Å². The van der Waals surface area contributed by atoms with Gasteiger partial charge in [0.15, 0.2) is 0 Å². The maximum absolute atomic E-state index is 10.3. The van der Waals surface area contributed by atoms with Crippen LogP contribution in [0.1, 0.15) is 71.1 Å². The van der Waals surface area contributed by atoms with Crippen LogP contribution in [0.5, 0.6) is 0 Å². The molecule has 0 rings (SSSR count). The Hall–Kier alpha value is -1.51. The summed E-state index contributed by atoms with van der Waals surface area (Å²) in [6.07, 6.45) is 19.0. The molecule has 0 aromatic carbocycles. The molecule has 120 valence electrons. The Bertz CT molecular complexity index is 340. The van der Waals surface area contributed by atoms with Crippen LogP contribution in [0, 0.1) is 0 Å². The molecule has 0 unspecified atom stereocenters. The van der Waals surface area contributed by atoms with E-state index in [0.717, 1.165) is 32.1 Å². The van der Waals surface area contributed by atoms with E-state index in [1.54, 1.807) is 0 Å². The zero-order chi connectivity index (χ0) is 15.8. The van der Waals surface area contributed by atoms with Gasteiger partial charge in [-0.3, -0.25) is 4.79 Å². The maximum Gasteiger partial charge on any atom is 0.303 e. The second kappa shape index (κ2) is 14.9. The summed E-state index contributed by atoms with van der Waals surface area (Å²) >= 11 is 0. The minimum absolute atomic E-state index is 0.249. The van der Waals surface area contributed by atoms with Gasteiger partial charge in [0.05, 0.1) is 5.76 Å². The SMILES string of the molecule is CCCCC/C=C\C/C(O)=C\C/C=C\CCCCC(=O)O. The monoisotopic (exact) mass is 294 g/mol. The molecule has 0 aromatic heterocycles. The Morgan fingerprint density at radius 1 is 0.905 bits per heavy atom. The van der Waals surface area contributed by atoms with E-state index in [9.17, 15) is 9.90 Å². The number of allylic oxidation sites excluding steroid dienone is 5. The molecule has 21 heavy (non-hydrogen) atoms. The Kier molecular flexibility index (Phi) is 13.8. The quantitative estimate of drug-likeness (QED) is 0.266. The number of aliphatic hydroxyl groups excluding tert-OH is 1. The highest BCUT2D eigenvalue weighted by Gasteiger charge is 1.94. The van der Waals surface area contributed by atoms with E-state index in [0.29, 0.717) is 12.2 Å². The van der Waals surface area contributed by atoms with Crippen LogP contribution < -0.4 is 0 Å². The molecule has 0 saturated carbocycles. The maximum atomic E-state index is 10.3. The molecular weight excluding hydrogens is 264 g/mol. The lowest BCUT2D eigenvalue weighted by molar-refractivity contribution is -0.137. The van der Waals surface area contributed by atoms with Crippen molar-refractivity contribution in [1.29, 1.82) is 0 Å². The molecule has 0 fully saturated rings. The van der Waals surface area contributed by atoms with Gasteiger partial charge in [0.2, 0.25) is 0 Å². The van der Waals surface area contributed by atoms with Crippen molar-refractivity contribution >= 4 is 5.97 Å².